The molecule has 4 rings (SSSR count). The molecule has 2 aromatic carbocycles. The van der Waals surface area contributed by atoms with Gasteiger partial charge in [-0.2, -0.15) is 0 Å². The zero-order valence-corrected chi connectivity index (χ0v) is 18.6. The van der Waals surface area contributed by atoms with Crippen molar-refractivity contribution in [3.05, 3.63) is 59.7 Å². The lowest BCUT2D eigenvalue weighted by molar-refractivity contribution is -0.143. The van der Waals surface area contributed by atoms with Crippen molar-refractivity contribution in [2.24, 2.45) is 11.8 Å². The zero-order chi connectivity index (χ0) is 23.5. The fourth-order valence-electron chi connectivity index (χ4n) is 4.52. The number of ether oxygens (including phenoxy) is 2. The van der Waals surface area contributed by atoms with Gasteiger partial charge in [0.1, 0.15) is 12.6 Å². The van der Waals surface area contributed by atoms with E-state index >= 15 is 0 Å². The standard InChI is InChI=1S/C25H28N2O6/c1-14(2)22(24(29)30)27-23(28)20-11-32-13-21(20)26-25(31)33-12-19-17-9-5-3-7-15(17)16-8-4-6-10-18(16)19/h3-10,14,19-22H,11-13H2,1-2H3,(H,26,31)(H,27,28)(H,29,30). The van der Waals surface area contributed by atoms with E-state index in [-0.39, 0.29) is 31.7 Å². The first-order chi connectivity index (χ1) is 15.9. The monoisotopic (exact) mass is 452 g/mol. The fourth-order valence-corrected chi connectivity index (χ4v) is 4.52. The molecule has 8 nitrogen and oxygen atoms in total. The van der Waals surface area contributed by atoms with E-state index in [0.717, 1.165) is 22.3 Å². The first-order valence-corrected chi connectivity index (χ1v) is 11.1. The summed E-state index contributed by atoms with van der Waals surface area (Å²) in [7, 11) is 0. The summed E-state index contributed by atoms with van der Waals surface area (Å²) in [5, 5.41) is 14.6. The number of aliphatic carboxylic acids is 1. The van der Waals surface area contributed by atoms with E-state index < -0.39 is 36.0 Å². The van der Waals surface area contributed by atoms with Crippen LogP contribution in [0.4, 0.5) is 4.79 Å². The average Bonchev–Trinajstić information content (AvgIpc) is 3.38. The van der Waals surface area contributed by atoms with Gasteiger partial charge in [-0.1, -0.05) is 62.4 Å². The summed E-state index contributed by atoms with van der Waals surface area (Å²) in [6, 6.07) is 14.5. The van der Waals surface area contributed by atoms with Crippen molar-refractivity contribution in [2.75, 3.05) is 19.8 Å². The average molecular weight is 453 g/mol. The molecule has 0 aromatic heterocycles. The Hall–Kier alpha value is -3.39. The molecule has 3 unspecified atom stereocenters. The van der Waals surface area contributed by atoms with Crippen LogP contribution in [0, 0.1) is 11.8 Å². The minimum atomic E-state index is -1.10. The molecule has 1 saturated heterocycles. The second-order valence-corrected chi connectivity index (χ2v) is 8.79. The largest absolute Gasteiger partial charge is 0.480 e. The maximum Gasteiger partial charge on any atom is 0.407 e. The Balaban J connectivity index is 1.37. The quantitative estimate of drug-likeness (QED) is 0.595. The summed E-state index contributed by atoms with van der Waals surface area (Å²) in [5.74, 6) is -2.59. The summed E-state index contributed by atoms with van der Waals surface area (Å²) in [4.78, 5) is 36.6. The highest BCUT2D eigenvalue weighted by atomic mass is 16.5. The predicted octanol–water partition coefficient (Wildman–Crippen LogP) is 2.77. The third-order valence-electron chi connectivity index (χ3n) is 6.29. The molecule has 3 atom stereocenters. The zero-order valence-electron chi connectivity index (χ0n) is 18.6. The topological polar surface area (TPSA) is 114 Å². The van der Waals surface area contributed by atoms with Crippen LogP contribution in [-0.2, 0) is 19.1 Å². The minimum absolute atomic E-state index is 0.0653. The van der Waals surface area contributed by atoms with E-state index in [0.29, 0.717) is 0 Å². The Kier molecular flexibility index (Phi) is 6.65. The number of rotatable bonds is 7. The number of fused-ring (bicyclic) bond motifs is 3. The third kappa shape index (κ3) is 4.71. The van der Waals surface area contributed by atoms with E-state index in [9.17, 15) is 19.5 Å². The SMILES string of the molecule is CC(C)C(NC(=O)C1COCC1NC(=O)OCC1c2ccccc2-c2ccccc21)C(=O)O. The molecule has 1 aliphatic carbocycles. The van der Waals surface area contributed by atoms with E-state index in [1.54, 1.807) is 13.8 Å². The highest BCUT2D eigenvalue weighted by molar-refractivity contribution is 5.86. The molecule has 174 valence electrons. The molecule has 0 spiro atoms. The number of hydrogen-bond acceptors (Lipinski definition) is 5. The van der Waals surface area contributed by atoms with Gasteiger partial charge < -0.3 is 25.2 Å². The van der Waals surface area contributed by atoms with Gasteiger partial charge >= 0.3 is 12.1 Å². The van der Waals surface area contributed by atoms with Crippen LogP contribution in [-0.4, -0.2) is 55.0 Å². The Bertz CT molecular complexity index is 1010. The number of carboxylic acid groups (broad SMARTS) is 1. The fraction of sp³-hybridized carbons (Fsp3) is 0.400. The maximum absolute atomic E-state index is 12.7. The molecule has 1 heterocycles. The lowest BCUT2D eigenvalue weighted by Crippen LogP contribution is -2.51. The van der Waals surface area contributed by atoms with E-state index in [1.165, 1.54) is 0 Å². The van der Waals surface area contributed by atoms with Gasteiger partial charge in [0.25, 0.3) is 0 Å². The Morgan fingerprint density at radius 1 is 1.03 bits per heavy atom. The van der Waals surface area contributed by atoms with Gasteiger partial charge in [0.15, 0.2) is 0 Å². The smallest absolute Gasteiger partial charge is 0.407 e. The lowest BCUT2D eigenvalue weighted by Gasteiger charge is -2.23. The summed E-state index contributed by atoms with van der Waals surface area (Å²) in [6.45, 7) is 3.86. The van der Waals surface area contributed by atoms with Gasteiger partial charge in [-0.05, 0) is 28.2 Å². The van der Waals surface area contributed by atoms with Crippen LogP contribution in [0.3, 0.4) is 0 Å². The Morgan fingerprint density at radius 3 is 2.21 bits per heavy atom. The molecule has 0 radical (unpaired) electrons. The van der Waals surface area contributed by atoms with Crippen molar-refractivity contribution in [2.45, 2.75) is 31.8 Å². The molecule has 2 aromatic rings. The van der Waals surface area contributed by atoms with Gasteiger partial charge in [0.2, 0.25) is 5.91 Å². The van der Waals surface area contributed by atoms with E-state index in [2.05, 4.69) is 22.8 Å². The Morgan fingerprint density at radius 2 is 1.64 bits per heavy atom. The molecule has 0 saturated carbocycles. The van der Waals surface area contributed by atoms with E-state index in [4.69, 9.17) is 9.47 Å². The molecule has 1 fully saturated rings. The highest BCUT2D eigenvalue weighted by Crippen LogP contribution is 2.44. The first-order valence-electron chi connectivity index (χ1n) is 11.1. The molecule has 33 heavy (non-hydrogen) atoms. The number of amides is 2. The summed E-state index contributed by atoms with van der Waals surface area (Å²) >= 11 is 0. The lowest BCUT2D eigenvalue weighted by atomic mass is 9.98. The molecular weight excluding hydrogens is 424 g/mol. The number of carbonyl (C=O) groups is 3. The molecule has 3 N–H and O–H groups in total. The van der Waals surface area contributed by atoms with Crippen LogP contribution in [0.25, 0.3) is 11.1 Å². The number of nitrogens with one attached hydrogen (secondary N) is 2. The molecule has 8 heteroatoms. The number of alkyl carbamates (subject to hydrolysis) is 1. The minimum Gasteiger partial charge on any atom is -0.480 e. The third-order valence-corrected chi connectivity index (χ3v) is 6.29. The summed E-state index contributed by atoms with van der Waals surface area (Å²) < 4.78 is 10.9. The van der Waals surface area contributed by atoms with Crippen LogP contribution >= 0.6 is 0 Å². The molecular formula is C25H28N2O6. The number of hydrogen-bond donors (Lipinski definition) is 3. The van der Waals surface area contributed by atoms with Crippen LogP contribution in [0.1, 0.15) is 30.9 Å². The van der Waals surface area contributed by atoms with Gasteiger partial charge in [0, 0.05) is 5.92 Å². The molecule has 2 amide bonds. The first kappa shape index (κ1) is 22.8. The summed E-state index contributed by atoms with van der Waals surface area (Å²) in [6.07, 6.45) is -0.635. The number of benzene rings is 2. The molecule has 1 aliphatic heterocycles. The number of carboxylic acids is 1. The highest BCUT2D eigenvalue weighted by Gasteiger charge is 2.38. The second kappa shape index (κ2) is 9.62. The predicted molar refractivity (Wildman–Crippen MR) is 121 cm³/mol. The van der Waals surface area contributed by atoms with Crippen LogP contribution in [0.2, 0.25) is 0 Å². The van der Waals surface area contributed by atoms with Crippen molar-refractivity contribution < 1.29 is 29.0 Å². The Labute approximate surface area is 192 Å². The van der Waals surface area contributed by atoms with Crippen molar-refractivity contribution in [1.82, 2.24) is 10.6 Å². The van der Waals surface area contributed by atoms with Crippen molar-refractivity contribution in [3.63, 3.8) is 0 Å². The maximum atomic E-state index is 12.7. The van der Waals surface area contributed by atoms with Crippen molar-refractivity contribution >= 4 is 18.0 Å². The number of carbonyl (C=O) groups excluding carboxylic acids is 2. The van der Waals surface area contributed by atoms with Gasteiger partial charge in [0.05, 0.1) is 25.2 Å². The van der Waals surface area contributed by atoms with Gasteiger partial charge in [-0.25, -0.2) is 9.59 Å². The van der Waals surface area contributed by atoms with Crippen molar-refractivity contribution in [1.29, 1.82) is 0 Å². The molecule has 0 bridgehead atoms. The van der Waals surface area contributed by atoms with Gasteiger partial charge in [-0.15, -0.1) is 0 Å². The summed E-state index contributed by atoms with van der Waals surface area (Å²) in [5.41, 5.74) is 4.50. The van der Waals surface area contributed by atoms with Crippen LogP contribution < -0.4 is 10.6 Å². The van der Waals surface area contributed by atoms with Crippen LogP contribution in [0.5, 0.6) is 0 Å². The normalized spacial score (nSPS) is 20.1. The van der Waals surface area contributed by atoms with E-state index in [1.807, 2.05) is 36.4 Å². The van der Waals surface area contributed by atoms with Crippen molar-refractivity contribution in [3.8, 4) is 11.1 Å². The molecule has 2 aliphatic rings. The van der Waals surface area contributed by atoms with Crippen LogP contribution in [0.15, 0.2) is 48.5 Å². The van der Waals surface area contributed by atoms with Gasteiger partial charge in [-0.3, -0.25) is 4.79 Å². The second-order valence-electron chi connectivity index (χ2n) is 8.79.